The fraction of sp³-hybridized carbons (Fsp3) is 0.238. The van der Waals surface area contributed by atoms with Crippen molar-refractivity contribution in [3.8, 4) is 11.5 Å². The zero-order valence-corrected chi connectivity index (χ0v) is 18.0. The summed E-state index contributed by atoms with van der Waals surface area (Å²) in [4.78, 5) is 25.9. The van der Waals surface area contributed by atoms with Gasteiger partial charge in [0.25, 0.3) is 5.91 Å². The van der Waals surface area contributed by atoms with Crippen LogP contribution >= 0.6 is 0 Å². The first-order valence-corrected chi connectivity index (χ1v) is 11.5. The molecule has 164 valence electrons. The molecule has 1 aromatic carbocycles. The highest BCUT2D eigenvalue weighted by atomic mass is 32.2. The molecule has 4 heterocycles. The van der Waals surface area contributed by atoms with E-state index in [-0.39, 0.29) is 29.2 Å². The van der Waals surface area contributed by atoms with Gasteiger partial charge in [-0.1, -0.05) is 23.4 Å². The molecule has 0 bridgehead atoms. The number of benzene rings is 1. The van der Waals surface area contributed by atoms with Crippen molar-refractivity contribution in [2.75, 3.05) is 19.6 Å². The van der Waals surface area contributed by atoms with Crippen LogP contribution < -0.4 is 0 Å². The number of piperazine rings is 1. The number of nitrogens with one attached hydrogen (secondary N) is 1. The van der Waals surface area contributed by atoms with Crippen LogP contribution in [0.15, 0.2) is 64.6 Å². The normalized spacial score (nSPS) is 17.7. The Bertz CT molecular complexity index is 1370. The molecular weight excluding hydrogens is 432 g/mol. The third-order valence-corrected chi connectivity index (χ3v) is 7.65. The lowest BCUT2D eigenvalue weighted by molar-refractivity contribution is 0.0642. The van der Waals surface area contributed by atoms with Gasteiger partial charge < -0.3 is 14.4 Å². The van der Waals surface area contributed by atoms with E-state index in [4.69, 9.17) is 4.52 Å². The van der Waals surface area contributed by atoms with Crippen LogP contribution in [-0.4, -0.2) is 69.3 Å². The lowest BCUT2D eigenvalue weighted by Crippen LogP contribution is -2.55. The monoisotopic (exact) mass is 452 g/mol. The Hall–Kier alpha value is -3.57. The predicted octanol–water partition coefficient (Wildman–Crippen LogP) is 2.15. The summed E-state index contributed by atoms with van der Waals surface area (Å²) in [6.07, 6.45) is 4.16. The van der Waals surface area contributed by atoms with Crippen LogP contribution in [0, 0.1) is 0 Å². The third kappa shape index (κ3) is 3.35. The minimum absolute atomic E-state index is 0.0996. The molecule has 0 saturated carbocycles. The van der Waals surface area contributed by atoms with Gasteiger partial charge in [0.2, 0.25) is 22.2 Å². The Kier molecular flexibility index (Phi) is 4.98. The number of aromatic amines is 1. The highest BCUT2D eigenvalue weighted by Gasteiger charge is 2.36. The van der Waals surface area contributed by atoms with Crippen LogP contribution in [0.25, 0.3) is 22.4 Å². The van der Waals surface area contributed by atoms with Crippen LogP contribution in [0.2, 0.25) is 0 Å². The second-order valence-electron chi connectivity index (χ2n) is 7.57. The molecular formula is C21H20N6O4S. The van der Waals surface area contributed by atoms with Crippen molar-refractivity contribution in [3.63, 3.8) is 0 Å². The SMILES string of the molecule is C[C@@H]1CN(C(=O)c2ccccc2)CCN1S(=O)(=O)c1c[nH]c2c(-c3ncon3)nccc12. The van der Waals surface area contributed by atoms with E-state index in [1.165, 1.54) is 23.1 Å². The molecule has 1 N–H and O–H groups in total. The Balaban J connectivity index is 1.43. The van der Waals surface area contributed by atoms with Crippen LogP contribution in [-0.2, 0) is 10.0 Å². The van der Waals surface area contributed by atoms with Gasteiger partial charge >= 0.3 is 0 Å². The zero-order chi connectivity index (χ0) is 22.3. The molecule has 0 unspecified atom stereocenters. The lowest BCUT2D eigenvalue weighted by atomic mass is 10.1. The number of carbonyl (C=O) groups is 1. The molecule has 11 heteroatoms. The van der Waals surface area contributed by atoms with Gasteiger partial charge in [-0.25, -0.2) is 8.42 Å². The van der Waals surface area contributed by atoms with Gasteiger partial charge in [0.1, 0.15) is 10.6 Å². The maximum atomic E-state index is 13.5. The van der Waals surface area contributed by atoms with Crippen LogP contribution in [0.5, 0.6) is 0 Å². The summed E-state index contributed by atoms with van der Waals surface area (Å²) in [5.41, 5.74) is 1.51. The Morgan fingerprint density at radius 2 is 1.97 bits per heavy atom. The number of amides is 1. The standard InChI is InChI=1S/C21H20N6O4S/c1-14-12-26(21(28)15-5-3-2-4-6-15)9-10-27(14)32(29,30)17-11-23-18-16(17)7-8-22-19(18)20-24-13-31-25-20/h2-8,11,13-14,23H,9-10,12H2,1H3/t14-/m1/s1. The lowest BCUT2D eigenvalue weighted by Gasteiger charge is -2.38. The molecule has 1 saturated heterocycles. The van der Waals surface area contributed by atoms with E-state index in [0.29, 0.717) is 35.2 Å². The molecule has 1 amide bonds. The van der Waals surface area contributed by atoms with Crippen molar-refractivity contribution in [3.05, 3.63) is 60.7 Å². The summed E-state index contributed by atoms with van der Waals surface area (Å²) < 4.78 is 33.3. The van der Waals surface area contributed by atoms with Gasteiger partial charge in [0.15, 0.2) is 0 Å². The average Bonchev–Trinajstić information content (AvgIpc) is 3.49. The number of aromatic nitrogens is 4. The van der Waals surface area contributed by atoms with Crippen LogP contribution in [0.3, 0.4) is 0 Å². The van der Waals surface area contributed by atoms with Gasteiger partial charge in [-0.3, -0.25) is 9.78 Å². The fourth-order valence-electron chi connectivity index (χ4n) is 4.06. The van der Waals surface area contributed by atoms with Crippen LogP contribution in [0.4, 0.5) is 0 Å². The second kappa shape index (κ2) is 7.84. The highest BCUT2D eigenvalue weighted by Crippen LogP contribution is 2.31. The number of rotatable bonds is 4. The molecule has 0 aliphatic carbocycles. The quantitative estimate of drug-likeness (QED) is 0.503. The van der Waals surface area contributed by atoms with E-state index < -0.39 is 10.0 Å². The molecule has 4 aromatic rings. The van der Waals surface area contributed by atoms with E-state index >= 15 is 0 Å². The van der Waals surface area contributed by atoms with Crippen molar-refractivity contribution >= 4 is 26.8 Å². The van der Waals surface area contributed by atoms with Gasteiger partial charge in [0, 0.05) is 49.0 Å². The van der Waals surface area contributed by atoms with Crippen molar-refractivity contribution in [1.29, 1.82) is 0 Å². The summed E-state index contributed by atoms with van der Waals surface area (Å²) in [5, 5.41) is 4.29. The number of H-pyrrole nitrogens is 1. The Morgan fingerprint density at radius 1 is 1.16 bits per heavy atom. The first kappa shape index (κ1) is 20.3. The van der Waals surface area contributed by atoms with Gasteiger partial charge in [-0.2, -0.15) is 9.29 Å². The Labute approximate surface area is 183 Å². The molecule has 1 atom stereocenters. The average molecular weight is 452 g/mol. The summed E-state index contributed by atoms with van der Waals surface area (Å²) in [6.45, 7) is 2.64. The van der Waals surface area contributed by atoms with Gasteiger partial charge in [-0.05, 0) is 25.1 Å². The van der Waals surface area contributed by atoms with Gasteiger partial charge in [0.05, 0.1) is 5.52 Å². The maximum absolute atomic E-state index is 13.5. The van der Waals surface area contributed by atoms with Crippen molar-refractivity contribution in [1.82, 2.24) is 29.3 Å². The zero-order valence-electron chi connectivity index (χ0n) is 17.2. The molecule has 5 rings (SSSR count). The molecule has 10 nitrogen and oxygen atoms in total. The summed E-state index contributed by atoms with van der Waals surface area (Å²) in [5.74, 6) is 0.167. The number of fused-ring (bicyclic) bond motifs is 1. The fourth-order valence-corrected chi connectivity index (χ4v) is 5.83. The first-order valence-electron chi connectivity index (χ1n) is 10.1. The molecule has 3 aromatic heterocycles. The summed E-state index contributed by atoms with van der Waals surface area (Å²) in [7, 11) is -3.82. The minimum atomic E-state index is -3.82. The molecule has 0 radical (unpaired) electrons. The number of hydrogen-bond acceptors (Lipinski definition) is 7. The topological polar surface area (TPSA) is 125 Å². The number of pyridine rings is 1. The molecule has 1 aliphatic rings. The van der Waals surface area contributed by atoms with Gasteiger partial charge in [-0.15, -0.1) is 0 Å². The van der Waals surface area contributed by atoms with Crippen LogP contribution in [0.1, 0.15) is 17.3 Å². The smallest absolute Gasteiger partial charge is 0.253 e. The largest absolute Gasteiger partial charge is 0.358 e. The first-order chi connectivity index (χ1) is 15.5. The number of carbonyl (C=O) groups excluding carboxylic acids is 1. The second-order valence-corrected chi connectivity index (χ2v) is 9.43. The molecule has 1 aliphatic heterocycles. The highest BCUT2D eigenvalue weighted by molar-refractivity contribution is 7.89. The third-order valence-electron chi connectivity index (χ3n) is 5.60. The van der Waals surface area contributed by atoms with E-state index in [2.05, 4.69) is 20.1 Å². The molecule has 32 heavy (non-hydrogen) atoms. The van der Waals surface area contributed by atoms with Crippen molar-refractivity contribution < 1.29 is 17.7 Å². The van der Waals surface area contributed by atoms with E-state index in [1.54, 1.807) is 23.1 Å². The summed E-state index contributed by atoms with van der Waals surface area (Å²) >= 11 is 0. The van der Waals surface area contributed by atoms with Crippen molar-refractivity contribution in [2.24, 2.45) is 0 Å². The molecule has 0 spiro atoms. The number of sulfonamides is 1. The summed E-state index contributed by atoms with van der Waals surface area (Å²) in [6, 6.07) is 10.3. The predicted molar refractivity (Wildman–Crippen MR) is 115 cm³/mol. The number of nitrogens with zero attached hydrogens (tertiary/aromatic N) is 5. The Morgan fingerprint density at radius 3 is 2.69 bits per heavy atom. The van der Waals surface area contributed by atoms with Crippen molar-refractivity contribution in [2.45, 2.75) is 17.9 Å². The van der Waals surface area contributed by atoms with E-state index in [9.17, 15) is 13.2 Å². The van der Waals surface area contributed by atoms with E-state index in [0.717, 1.165) is 0 Å². The number of hydrogen-bond donors (Lipinski definition) is 1. The maximum Gasteiger partial charge on any atom is 0.253 e. The minimum Gasteiger partial charge on any atom is -0.358 e. The van der Waals surface area contributed by atoms with E-state index in [1.807, 2.05) is 25.1 Å². The molecule has 1 fully saturated rings.